The zero-order valence-electron chi connectivity index (χ0n) is 15.7. The van der Waals surface area contributed by atoms with Gasteiger partial charge >= 0.3 is 0 Å². The van der Waals surface area contributed by atoms with Crippen LogP contribution in [-0.2, 0) is 15.1 Å². The smallest absolute Gasteiger partial charge is 0.227 e. The molecule has 0 fully saturated rings. The standard InChI is InChI=1S/C18H28N4O2/c1-12-8-9-13-15(19-12)22(18(5,6)11-24-7)16(20-13)21-14(23)10-17(2,3)4/h8-9H,10-11H2,1-7H3,(H,20,21,23). The summed E-state index contributed by atoms with van der Waals surface area (Å²) in [7, 11) is 1.66. The molecular weight excluding hydrogens is 304 g/mol. The second-order valence-electron chi connectivity index (χ2n) is 8.10. The fraction of sp³-hybridized carbons (Fsp3) is 0.611. The van der Waals surface area contributed by atoms with Gasteiger partial charge in [-0.25, -0.2) is 9.97 Å². The number of ether oxygens (including phenoxy) is 1. The molecule has 1 amide bonds. The van der Waals surface area contributed by atoms with E-state index in [0.717, 1.165) is 16.9 Å². The summed E-state index contributed by atoms with van der Waals surface area (Å²) in [6.45, 7) is 12.6. The quantitative estimate of drug-likeness (QED) is 0.910. The summed E-state index contributed by atoms with van der Waals surface area (Å²) in [4.78, 5) is 21.6. The number of methoxy groups -OCH3 is 1. The lowest BCUT2D eigenvalue weighted by Gasteiger charge is -2.28. The van der Waals surface area contributed by atoms with Crippen LogP contribution in [0.3, 0.4) is 0 Å². The number of imidazole rings is 1. The van der Waals surface area contributed by atoms with E-state index >= 15 is 0 Å². The van der Waals surface area contributed by atoms with Crippen LogP contribution in [0.2, 0.25) is 0 Å². The number of anilines is 1. The van der Waals surface area contributed by atoms with Crippen molar-refractivity contribution in [2.24, 2.45) is 5.41 Å². The number of pyridine rings is 1. The van der Waals surface area contributed by atoms with Gasteiger partial charge in [-0.15, -0.1) is 0 Å². The van der Waals surface area contributed by atoms with Crippen LogP contribution in [0.5, 0.6) is 0 Å². The highest BCUT2D eigenvalue weighted by molar-refractivity contribution is 5.91. The third-order valence-electron chi connectivity index (χ3n) is 3.69. The lowest BCUT2D eigenvalue weighted by molar-refractivity contribution is -0.117. The Bertz CT molecular complexity index is 741. The number of nitrogens with one attached hydrogen (secondary N) is 1. The van der Waals surface area contributed by atoms with E-state index < -0.39 is 5.54 Å². The number of fused-ring (bicyclic) bond motifs is 1. The van der Waals surface area contributed by atoms with Crippen molar-refractivity contribution in [2.45, 2.75) is 53.5 Å². The number of hydrogen-bond acceptors (Lipinski definition) is 4. The summed E-state index contributed by atoms with van der Waals surface area (Å²) >= 11 is 0. The van der Waals surface area contributed by atoms with Gasteiger partial charge in [-0.1, -0.05) is 20.8 Å². The van der Waals surface area contributed by atoms with Crippen LogP contribution in [0.15, 0.2) is 12.1 Å². The maximum atomic E-state index is 12.4. The fourth-order valence-corrected chi connectivity index (χ4v) is 2.78. The van der Waals surface area contributed by atoms with Crippen molar-refractivity contribution in [3.05, 3.63) is 17.8 Å². The maximum Gasteiger partial charge on any atom is 0.227 e. The molecule has 2 aromatic rings. The average molecular weight is 332 g/mol. The van der Waals surface area contributed by atoms with Gasteiger partial charge in [-0.05, 0) is 38.3 Å². The highest BCUT2D eigenvalue weighted by atomic mass is 16.5. The van der Waals surface area contributed by atoms with Crippen LogP contribution in [0, 0.1) is 12.3 Å². The number of nitrogens with zero attached hydrogens (tertiary/aromatic N) is 3. The summed E-state index contributed by atoms with van der Waals surface area (Å²) in [6.07, 6.45) is 0.424. The minimum absolute atomic E-state index is 0.0519. The first-order valence-electron chi connectivity index (χ1n) is 8.19. The highest BCUT2D eigenvalue weighted by Crippen LogP contribution is 2.28. The highest BCUT2D eigenvalue weighted by Gasteiger charge is 2.28. The van der Waals surface area contributed by atoms with Crippen LogP contribution >= 0.6 is 0 Å². The Kier molecular flexibility index (Phi) is 4.99. The molecule has 132 valence electrons. The molecule has 0 saturated heterocycles. The van der Waals surface area contributed by atoms with Gasteiger partial charge in [0, 0.05) is 19.2 Å². The fourth-order valence-electron chi connectivity index (χ4n) is 2.78. The van der Waals surface area contributed by atoms with Gasteiger partial charge in [0.1, 0.15) is 5.52 Å². The van der Waals surface area contributed by atoms with Crippen molar-refractivity contribution in [2.75, 3.05) is 19.0 Å². The molecule has 0 aromatic carbocycles. The minimum atomic E-state index is -0.394. The summed E-state index contributed by atoms with van der Waals surface area (Å²) in [6, 6.07) is 3.85. The van der Waals surface area contributed by atoms with Gasteiger partial charge in [0.15, 0.2) is 5.65 Å². The van der Waals surface area contributed by atoms with Crippen LogP contribution in [-0.4, -0.2) is 34.2 Å². The number of carbonyl (C=O) groups is 1. The Balaban J connectivity index is 2.50. The van der Waals surface area contributed by atoms with Gasteiger partial charge in [0.2, 0.25) is 11.9 Å². The molecule has 0 atom stereocenters. The summed E-state index contributed by atoms with van der Waals surface area (Å²) in [5, 5.41) is 2.96. The Morgan fingerprint density at radius 1 is 1.21 bits per heavy atom. The molecule has 0 bridgehead atoms. The monoisotopic (exact) mass is 332 g/mol. The first-order valence-corrected chi connectivity index (χ1v) is 8.19. The number of amides is 1. The Morgan fingerprint density at radius 2 is 1.88 bits per heavy atom. The van der Waals surface area contributed by atoms with E-state index in [1.54, 1.807) is 7.11 Å². The Hall–Kier alpha value is -1.95. The molecule has 2 heterocycles. The summed E-state index contributed by atoms with van der Waals surface area (Å²) in [5.41, 5.74) is 1.94. The lowest BCUT2D eigenvalue weighted by Crippen LogP contribution is -2.34. The first-order chi connectivity index (χ1) is 11.0. The van der Waals surface area contributed by atoms with E-state index in [1.807, 2.05) is 58.2 Å². The molecule has 6 nitrogen and oxygen atoms in total. The third-order valence-corrected chi connectivity index (χ3v) is 3.69. The van der Waals surface area contributed by atoms with E-state index in [2.05, 4.69) is 15.3 Å². The molecule has 0 spiro atoms. The van der Waals surface area contributed by atoms with E-state index in [9.17, 15) is 4.79 Å². The van der Waals surface area contributed by atoms with E-state index in [4.69, 9.17) is 4.74 Å². The number of aryl methyl sites for hydroxylation is 1. The van der Waals surface area contributed by atoms with Crippen LogP contribution in [0.1, 0.15) is 46.7 Å². The van der Waals surface area contributed by atoms with E-state index in [1.165, 1.54) is 0 Å². The molecule has 0 aliphatic heterocycles. The number of carbonyl (C=O) groups excluding carboxylic acids is 1. The van der Waals surface area contributed by atoms with E-state index in [-0.39, 0.29) is 11.3 Å². The van der Waals surface area contributed by atoms with Gasteiger partial charge in [-0.3, -0.25) is 14.7 Å². The number of rotatable bonds is 5. The SMILES string of the molecule is COCC(C)(C)n1c(NC(=O)CC(C)(C)C)nc2ccc(C)nc21. The van der Waals surface area contributed by atoms with Crippen LogP contribution in [0.25, 0.3) is 11.2 Å². The van der Waals surface area contributed by atoms with Gasteiger partial charge in [0.05, 0.1) is 12.1 Å². The molecule has 2 rings (SSSR count). The summed E-state index contributed by atoms with van der Waals surface area (Å²) < 4.78 is 7.32. The normalized spacial score (nSPS) is 12.6. The molecule has 0 aliphatic carbocycles. The second kappa shape index (κ2) is 6.51. The van der Waals surface area contributed by atoms with Crippen LogP contribution in [0.4, 0.5) is 5.95 Å². The first kappa shape index (κ1) is 18.4. The molecule has 6 heteroatoms. The Labute approximate surface area is 143 Å². The zero-order chi connectivity index (χ0) is 18.1. The predicted molar refractivity (Wildman–Crippen MR) is 96.2 cm³/mol. The molecule has 0 radical (unpaired) electrons. The molecule has 24 heavy (non-hydrogen) atoms. The molecule has 0 aliphatic rings. The molecule has 0 unspecified atom stereocenters. The van der Waals surface area contributed by atoms with E-state index in [0.29, 0.717) is 19.0 Å². The molecular formula is C18H28N4O2. The van der Waals surface area contributed by atoms with Crippen LogP contribution < -0.4 is 5.32 Å². The lowest BCUT2D eigenvalue weighted by atomic mass is 9.92. The number of hydrogen-bond donors (Lipinski definition) is 1. The van der Waals surface area contributed by atoms with Crippen molar-refractivity contribution in [1.82, 2.24) is 14.5 Å². The molecule has 0 saturated carbocycles. The molecule has 1 N–H and O–H groups in total. The third kappa shape index (κ3) is 4.12. The largest absolute Gasteiger partial charge is 0.382 e. The minimum Gasteiger partial charge on any atom is -0.382 e. The van der Waals surface area contributed by atoms with Gasteiger partial charge < -0.3 is 4.74 Å². The number of aromatic nitrogens is 3. The van der Waals surface area contributed by atoms with Crippen molar-refractivity contribution in [1.29, 1.82) is 0 Å². The zero-order valence-corrected chi connectivity index (χ0v) is 15.7. The van der Waals surface area contributed by atoms with Crippen molar-refractivity contribution in [3.63, 3.8) is 0 Å². The second-order valence-corrected chi connectivity index (χ2v) is 8.10. The van der Waals surface area contributed by atoms with Crippen molar-refractivity contribution >= 4 is 23.0 Å². The van der Waals surface area contributed by atoms with Crippen molar-refractivity contribution < 1.29 is 9.53 Å². The predicted octanol–water partition coefficient (Wildman–Crippen LogP) is 3.50. The average Bonchev–Trinajstić information content (AvgIpc) is 2.73. The van der Waals surface area contributed by atoms with Gasteiger partial charge in [-0.2, -0.15) is 0 Å². The Morgan fingerprint density at radius 3 is 2.46 bits per heavy atom. The van der Waals surface area contributed by atoms with Crippen molar-refractivity contribution in [3.8, 4) is 0 Å². The summed E-state index contributed by atoms with van der Waals surface area (Å²) in [5.74, 6) is 0.461. The molecule has 2 aromatic heterocycles. The van der Waals surface area contributed by atoms with Gasteiger partial charge in [0.25, 0.3) is 0 Å². The topological polar surface area (TPSA) is 69.0 Å². The maximum absolute atomic E-state index is 12.4.